The van der Waals surface area contributed by atoms with Crippen LogP contribution in [0.1, 0.15) is 27.5 Å². The topological polar surface area (TPSA) is 122 Å². The van der Waals surface area contributed by atoms with Crippen molar-refractivity contribution in [3.8, 4) is 0 Å². The maximum Gasteiger partial charge on any atom is 0.269 e. The Hall–Kier alpha value is -5.31. The number of amides is 1. The Bertz CT molecular complexity index is 1600. The number of carbonyl (C=O) groups excluding carboxylic acids is 1. The van der Waals surface area contributed by atoms with Gasteiger partial charge in [-0.25, -0.2) is 0 Å². The van der Waals surface area contributed by atoms with Crippen molar-refractivity contribution in [3.63, 3.8) is 0 Å². The number of nitro benzene ring substituents is 2. The zero-order chi connectivity index (χ0) is 25.9. The molecule has 4 aromatic carbocycles. The molecule has 5 rings (SSSR count). The average molecular weight is 492 g/mol. The number of rotatable bonds is 7. The molecule has 0 aliphatic heterocycles. The largest absolute Gasteiger partial charge is 0.361 e. The number of nitro groups is 2. The fraction of sp³-hybridized carbons (Fsp3) is 0.0357. The Morgan fingerprint density at radius 1 is 0.730 bits per heavy atom. The SMILES string of the molecule is O=C(c1ccc([N+](=O)[O-])cc1)N(c1ccc([N+](=O)[O-])cc1)C(c1ccccc1)c1c[nH]c2ccccc12. The van der Waals surface area contributed by atoms with E-state index in [0.717, 1.165) is 22.0 Å². The first-order chi connectivity index (χ1) is 17.9. The predicted octanol–water partition coefficient (Wildman–Crippen LogP) is 6.42. The maximum absolute atomic E-state index is 14.1. The van der Waals surface area contributed by atoms with Crippen molar-refractivity contribution in [1.82, 2.24) is 4.98 Å². The van der Waals surface area contributed by atoms with Crippen molar-refractivity contribution in [2.45, 2.75) is 6.04 Å². The minimum atomic E-state index is -0.610. The van der Waals surface area contributed by atoms with Crippen LogP contribution in [0, 0.1) is 20.2 Å². The molecule has 0 aliphatic carbocycles. The van der Waals surface area contributed by atoms with E-state index in [1.807, 2.05) is 60.8 Å². The van der Waals surface area contributed by atoms with Gasteiger partial charge in [0.25, 0.3) is 17.3 Å². The molecular weight excluding hydrogens is 472 g/mol. The number of aromatic amines is 1. The van der Waals surface area contributed by atoms with Crippen LogP contribution >= 0.6 is 0 Å². The highest BCUT2D eigenvalue weighted by atomic mass is 16.6. The number of nitrogens with zero attached hydrogens (tertiary/aromatic N) is 3. The molecule has 0 radical (unpaired) electrons. The van der Waals surface area contributed by atoms with Gasteiger partial charge in [-0.05, 0) is 35.9 Å². The van der Waals surface area contributed by atoms with Gasteiger partial charge in [-0.1, -0.05) is 48.5 Å². The van der Waals surface area contributed by atoms with Crippen LogP contribution in [0.4, 0.5) is 17.1 Å². The summed E-state index contributed by atoms with van der Waals surface area (Å²) < 4.78 is 0. The lowest BCUT2D eigenvalue weighted by atomic mass is 9.95. The molecular formula is C28H20N4O5. The molecule has 0 bridgehead atoms. The van der Waals surface area contributed by atoms with E-state index in [1.165, 1.54) is 48.5 Å². The number of benzene rings is 4. The highest BCUT2D eigenvalue weighted by Crippen LogP contribution is 2.38. The highest BCUT2D eigenvalue weighted by Gasteiger charge is 2.31. The Kier molecular flexibility index (Phi) is 6.17. The third-order valence-corrected chi connectivity index (χ3v) is 6.17. The zero-order valence-corrected chi connectivity index (χ0v) is 19.4. The molecule has 1 aromatic heterocycles. The van der Waals surface area contributed by atoms with E-state index >= 15 is 0 Å². The number of non-ortho nitro benzene ring substituents is 2. The van der Waals surface area contributed by atoms with Gasteiger partial charge in [-0.2, -0.15) is 0 Å². The number of para-hydroxylation sites is 1. The second-order valence-electron chi connectivity index (χ2n) is 8.36. The van der Waals surface area contributed by atoms with Crippen LogP contribution in [0.3, 0.4) is 0 Å². The number of carbonyl (C=O) groups is 1. The Morgan fingerprint density at radius 3 is 1.92 bits per heavy atom. The molecule has 1 heterocycles. The number of anilines is 1. The van der Waals surface area contributed by atoms with Gasteiger partial charge in [-0.15, -0.1) is 0 Å². The summed E-state index contributed by atoms with van der Waals surface area (Å²) in [6, 6.07) is 27.7. The fourth-order valence-corrected chi connectivity index (χ4v) is 4.41. The standard InChI is InChI=1S/C28H20N4O5/c33-28(20-10-12-22(13-11-20)31(34)35)30(21-14-16-23(17-15-21)32(36)37)27(19-6-2-1-3-7-19)25-18-29-26-9-5-4-8-24(25)26/h1-18,27,29H. The molecule has 0 aliphatic rings. The van der Waals surface area contributed by atoms with Gasteiger partial charge in [0.1, 0.15) is 0 Å². The average Bonchev–Trinajstić information content (AvgIpc) is 3.35. The fourth-order valence-electron chi connectivity index (χ4n) is 4.41. The van der Waals surface area contributed by atoms with Gasteiger partial charge in [-0.3, -0.25) is 29.9 Å². The van der Waals surface area contributed by atoms with Gasteiger partial charge in [0.05, 0.1) is 15.9 Å². The van der Waals surface area contributed by atoms with Gasteiger partial charge in [0.15, 0.2) is 0 Å². The molecule has 1 unspecified atom stereocenters. The van der Waals surface area contributed by atoms with Gasteiger partial charge >= 0.3 is 0 Å². The molecule has 0 saturated heterocycles. The molecule has 9 heteroatoms. The Labute approximate surface area is 210 Å². The lowest BCUT2D eigenvalue weighted by molar-refractivity contribution is -0.385. The van der Waals surface area contributed by atoms with Gasteiger partial charge in [0.2, 0.25) is 0 Å². The van der Waals surface area contributed by atoms with E-state index in [-0.39, 0.29) is 16.9 Å². The van der Waals surface area contributed by atoms with Crippen LogP contribution in [0.15, 0.2) is 109 Å². The summed E-state index contributed by atoms with van der Waals surface area (Å²) in [5, 5.41) is 23.3. The first-order valence-corrected chi connectivity index (χ1v) is 11.4. The second kappa shape index (κ2) is 9.74. The Morgan fingerprint density at radius 2 is 1.30 bits per heavy atom. The summed E-state index contributed by atoms with van der Waals surface area (Å²) in [5.74, 6) is -0.414. The predicted molar refractivity (Wildman–Crippen MR) is 140 cm³/mol. The Balaban J connectivity index is 1.72. The van der Waals surface area contributed by atoms with Crippen LogP contribution in [-0.4, -0.2) is 20.7 Å². The summed E-state index contributed by atoms with van der Waals surface area (Å²) in [6.45, 7) is 0. The molecule has 5 aromatic rings. The van der Waals surface area contributed by atoms with Crippen molar-refractivity contribution in [1.29, 1.82) is 0 Å². The summed E-state index contributed by atoms with van der Waals surface area (Å²) in [7, 11) is 0. The molecule has 182 valence electrons. The number of hydrogen-bond acceptors (Lipinski definition) is 5. The number of nitrogens with one attached hydrogen (secondary N) is 1. The van der Waals surface area contributed by atoms with Crippen LogP contribution in [0.5, 0.6) is 0 Å². The molecule has 0 spiro atoms. The molecule has 9 nitrogen and oxygen atoms in total. The van der Waals surface area contributed by atoms with Gasteiger partial charge in [0, 0.05) is 58.2 Å². The van der Waals surface area contributed by atoms with Crippen LogP contribution in [0.2, 0.25) is 0 Å². The van der Waals surface area contributed by atoms with Gasteiger partial charge < -0.3 is 4.98 Å². The van der Waals surface area contributed by atoms with Crippen LogP contribution in [-0.2, 0) is 0 Å². The molecule has 1 amide bonds. The first kappa shape index (κ1) is 23.4. The van der Waals surface area contributed by atoms with E-state index in [0.29, 0.717) is 5.69 Å². The van der Waals surface area contributed by atoms with Crippen molar-refractivity contribution < 1.29 is 14.6 Å². The van der Waals surface area contributed by atoms with Crippen molar-refractivity contribution in [2.24, 2.45) is 0 Å². The van der Waals surface area contributed by atoms with Crippen LogP contribution < -0.4 is 4.90 Å². The lowest BCUT2D eigenvalue weighted by Crippen LogP contribution is -2.35. The minimum absolute atomic E-state index is 0.102. The van der Waals surface area contributed by atoms with E-state index in [9.17, 15) is 25.0 Å². The molecule has 0 saturated carbocycles. The van der Waals surface area contributed by atoms with Crippen molar-refractivity contribution >= 4 is 33.9 Å². The van der Waals surface area contributed by atoms with E-state index < -0.39 is 21.8 Å². The van der Waals surface area contributed by atoms with E-state index in [4.69, 9.17) is 0 Å². The zero-order valence-electron chi connectivity index (χ0n) is 19.4. The minimum Gasteiger partial charge on any atom is -0.361 e. The maximum atomic E-state index is 14.1. The smallest absolute Gasteiger partial charge is 0.269 e. The first-order valence-electron chi connectivity index (χ1n) is 11.4. The second-order valence-corrected chi connectivity index (χ2v) is 8.36. The lowest BCUT2D eigenvalue weighted by Gasteiger charge is -2.32. The highest BCUT2D eigenvalue weighted by molar-refractivity contribution is 6.07. The summed E-state index contributed by atoms with van der Waals surface area (Å²) in [5.41, 5.74) is 2.99. The van der Waals surface area contributed by atoms with Crippen molar-refractivity contribution in [2.75, 3.05) is 4.90 Å². The van der Waals surface area contributed by atoms with Crippen LogP contribution in [0.25, 0.3) is 10.9 Å². The number of fused-ring (bicyclic) bond motifs is 1. The normalized spacial score (nSPS) is 11.7. The molecule has 37 heavy (non-hydrogen) atoms. The molecule has 1 atom stereocenters. The number of H-pyrrole nitrogens is 1. The summed E-state index contributed by atoms with van der Waals surface area (Å²) in [6.07, 6.45) is 1.85. The van der Waals surface area contributed by atoms with E-state index in [2.05, 4.69) is 4.98 Å². The summed E-state index contributed by atoms with van der Waals surface area (Å²) >= 11 is 0. The number of hydrogen-bond donors (Lipinski definition) is 1. The number of aromatic nitrogens is 1. The van der Waals surface area contributed by atoms with E-state index in [1.54, 1.807) is 4.90 Å². The third-order valence-electron chi connectivity index (χ3n) is 6.17. The molecule has 0 fully saturated rings. The molecule has 1 N–H and O–H groups in total. The quantitative estimate of drug-likeness (QED) is 0.207. The third kappa shape index (κ3) is 4.53. The monoisotopic (exact) mass is 492 g/mol. The van der Waals surface area contributed by atoms with Crippen molar-refractivity contribution in [3.05, 3.63) is 146 Å². The summed E-state index contributed by atoms with van der Waals surface area (Å²) in [4.78, 5) is 40.3.